The predicted octanol–water partition coefficient (Wildman–Crippen LogP) is 3.26. The second-order valence-corrected chi connectivity index (χ2v) is 7.78. The first-order valence-corrected chi connectivity index (χ1v) is 10.4. The summed E-state index contributed by atoms with van der Waals surface area (Å²) >= 11 is 0. The summed E-state index contributed by atoms with van der Waals surface area (Å²) in [5, 5.41) is 2.84. The second-order valence-electron chi connectivity index (χ2n) is 7.78. The summed E-state index contributed by atoms with van der Waals surface area (Å²) in [6, 6.07) is 15.1. The number of hydrogen-bond donors (Lipinski definition) is 2. The minimum Gasteiger partial charge on any atom is -0.383 e. The van der Waals surface area contributed by atoms with Crippen LogP contribution in [0.4, 0.5) is 15.9 Å². The van der Waals surface area contributed by atoms with E-state index >= 15 is 0 Å². The summed E-state index contributed by atoms with van der Waals surface area (Å²) in [6.45, 7) is 3.72. The molecule has 0 saturated carbocycles. The molecule has 3 heterocycles. The first-order chi connectivity index (χ1) is 15.1. The van der Waals surface area contributed by atoms with Crippen LogP contribution in [0.25, 0.3) is 22.3 Å². The van der Waals surface area contributed by atoms with Crippen molar-refractivity contribution in [2.45, 2.75) is 6.42 Å². The first kappa shape index (κ1) is 19.5. The minimum atomic E-state index is -0.599. The number of pyridine rings is 1. The van der Waals surface area contributed by atoms with Gasteiger partial charge in [-0.2, -0.15) is 4.39 Å². The minimum absolute atomic E-state index is 0.0703. The highest BCUT2D eigenvalue weighted by atomic mass is 19.1. The van der Waals surface area contributed by atoms with E-state index in [4.69, 9.17) is 10.5 Å². The number of ether oxygens (including phenoxy) is 1. The fraction of sp³-hybridized carbons (Fsp3) is 0.250. The van der Waals surface area contributed by atoms with Crippen molar-refractivity contribution >= 4 is 17.4 Å². The van der Waals surface area contributed by atoms with Gasteiger partial charge in [0, 0.05) is 42.0 Å². The highest BCUT2D eigenvalue weighted by Gasteiger charge is 2.19. The van der Waals surface area contributed by atoms with Crippen LogP contribution in [0.1, 0.15) is 15.9 Å². The van der Waals surface area contributed by atoms with E-state index < -0.39 is 5.95 Å². The van der Waals surface area contributed by atoms with Gasteiger partial charge in [-0.3, -0.25) is 4.79 Å². The van der Waals surface area contributed by atoms with Crippen molar-refractivity contribution in [1.82, 2.24) is 10.3 Å². The van der Waals surface area contributed by atoms with Gasteiger partial charge in [0.15, 0.2) is 0 Å². The quantitative estimate of drug-likeness (QED) is 0.639. The number of carbonyl (C=O) groups is 1. The van der Waals surface area contributed by atoms with E-state index in [0.717, 1.165) is 41.9 Å². The molecule has 0 unspecified atom stereocenters. The van der Waals surface area contributed by atoms with Crippen molar-refractivity contribution in [3.05, 3.63) is 65.6 Å². The van der Waals surface area contributed by atoms with E-state index in [0.29, 0.717) is 36.4 Å². The van der Waals surface area contributed by atoms with E-state index in [2.05, 4.69) is 15.2 Å². The Morgan fingerprint density at radius 2 is 1.71 bits per heavy atom. The molecule has 0 spiro atoms. The number of nitrogen functional groups attached to an aromatic ring is 1. The van der Waals surface area contributed by atoms with Gasteiger partial charge < -0.3 is 20.7 Å². The summed E-state index contributed by atoms with van der Waals surface area (Å²) in [6.07, 6.45) is 0.749. The SMILES string of the molecule is Nc1nc(F)c(-c2ccc(N3CCOCC3)cc2)cc1-c1ccc2c(c1)CCNC2=O. The molecule has 0 aliphatic carbocycles. The number of halogens is 1. The Bertz CT molecular complexity index is 1140. The fourth-order valence-electron chi connectivity index (χ4n) is 4.21. The largest absolute Gasteiger partial charge is 0.383 e. The topological polar surface area (TPSA) is 80.5 Å². The molecular formula is C24H23FN4O2. The third-order valence-corrected chi connectivity index (χ3v) is 5.90. The Hall–Kier alpha value is -3.45. The van der Waals surface area contributed by atoms with Crippen LogP contribution in [0.3, 0.4) is 0 Å². The Kier molecular flexibility index (Phi) is 5.03. The molecule has 1 fully saturated rings. The molecule has 6 nitrogen and oxygen atoms in total. The van der Waals surface area contributed by atoms with Crippen molar-refractivity contribution in [1.29, 1.82) is 0 Å². The van der Waals surface area contributed by atoms with Crippen LogP contribution in [0.2, 0.25) is 0 Å². The number of carbonyl (C=O) groups excluding carboxylic acids is 1. The molecule has 158 valence electrons. The number of morpholine rings is 1. The summed E-state index contributed by atoms with van der Waals surface area (Å²) < 4.78 is 20.1. The van der Waals surface area contributed by atoms with Gasteiger partial charge >= 0.3 is 0 Å². The van der Waals surface area contributed by atoms with Crippen LogP contribution >= 0.6 is 0 Å². The third-order valence-electron chi connectivity index (χ3n) is 5.90. The maximum atomic E-state index is 14.7. The van der Waals surface area contributed by atoms with E-state index in [1.807, 2.05) is 36.4 Å². The molecule has 1 amide bonds. The molecule has 0 atom stereocenters. The van der Waals surface area contributed by atoms with Crippen molar-refractivity contribution in [2.75, 3.05) is 43.5 Å². The van der Waals surface area contributed by atoms with Gasteiger partial charge in [0.1, 0.15) is 5.82 Å². The number of benzene rings is 2. The Morgan fingerprint density at radius 3 is 2.48 bits per heavy atom. The zero-order valence-electron chi connectivity index (χ0n) is 17.0. The van der Waals surface area contributed by atoms with Crippen LogP contribution < -0.4 is 16.0 Å². The number of nitrogens with zero attached hydrogens (tertiary/aromatic N) is 2. The second kappa shape index (κ2) is 8.00. The lowest BCUT2D eigenvalue weighted by molar-refractivity contribution is 0.0946. The number of fused-ring (bicyclic) bond motifs is 1. The van der Waals surface area contributed by atoms with Gasteiger partial charge in [-0.25, -0.2) is 4.98 Å². The van der Waals surface area contributed by atoms with Gasteiger partial charge in [0.25, 0.3) is 5.91 Å². The normalized spacial score (nSPS) is 16.0. The Labute approximate surface area is 179 Å². The fourth-order valence-corrected chi connectivity index (χ4v) is 4.21. The number of amides is 1. The van der Waals surface area contributed by atoms with Crippen molar-refractivity contribution in [3.63, 3.8) is 0 Å². The van der Waals surface area contributed by atoms with Crippen LogP contribution in [-0.2, 0) is 11.2 Å². The number of rotatable bonds is 3. The monoisotopic (exact) mass is 418 g/mol. The van der Waals surface area contributed by atoms with Crippen molar-refractivity contribution < 1.29 is 13.9 Å². The Morgan fingerprint density at radius 1 is 0.968 bits per heavy atom. The zero-order chi connectivity index (χ0) is 21.4. The molecular weight excluding hydrogens is 395 g/mol. The van der Waals surface area contributed by atoms with Gasteiger partial charge in [-0.1, -0.05) is 24.3 Å². The molecule has 31 heavy (non-hydrogen) atoms. The maximum absolute atomic E-state index is 14.7. The van der Waals surface area contributed by atoms with Crippen molar-refractivity contribution in [2.24, 2.45) is 0 Å². The molecule has 2 aliphatic rings. The standard InChI is InChI=1S/C24H23FN4O2/c25-22-20(15-1-4-18(5-2-15)29-9-11-31-12-10-29)14-21(23(26)28-22)16-3-6-19-17(13-16)7-8-27-24(19)30/h1-6,13-14H,7-12H2,(H2,26,28)(H,27,30). The van der Waals surface area contributed by atoms with Crippen LogP contribution in [0, 0.1) is 5.95 Å². The molecule has 1 aromatic heterocycles. The van der Waals surface area contributed by atoms with Crippen molar-refractivity contribution in [3.8, 4) is 22.3 Å². The molecule has 1 saturated heterocycles. The van der Waals surface area contributed by atoms with Crippen LogP contribution in [0.5, 0.6) is 0 Å². The highest BCUT2D eigenvalue weighted by Crippen LogP contribution is 2.33. The number of hydrogen-bond acceptors (Lipinski definition) is 5. The van der Waals surface area contributed by atoms with Gasteiger partial charge in [-0.15, -0.1) is 0 Å². The van der Waals surface area contributed by atoms with E-state index in [1.54, 1.807) is 12.1 Å². The lowest BCUT2D eigenvalue weighted by Crippen LogP contribution is -2.36. The summed E-state index contributed by atoms with van der Waals surface area (Å²) in [4.78, 5) is 18.2. The third kappa shape index (κ3) is 3.72. The summed E-state index contributed by atoms with van der Waals surface area (Å²) in [7, 11) is 0. The van der Waals surface area contributed by atoms with E-state index in [-0.39, 0.29) is 11.7 Å². The average molecular weight is 418 g/mol. The molecule has 3 aromatic rings. The predicted molar refractivity (Wildman–Crippen MR) is 119 cm³/mol. The maximum Gasteiger partial charge on any atom is 0.251 e. The summed E-state index contributed by atoms with van der Waals surface area (Å²) in [5.41, 5.74) is 11.4. The average Bonchev–Trinajstić information content (AvgIpc) is 2.80. The molecule has 3 N–H and O–H groups in total. The van der Waals surface area contributed by atoms with Crippen LogP contribution in [0.15, 0.2) is 48.5 Å². The molecule has 2 aliphatic heterocycles. The molecule has 2 aromatic carbocycles. The van der Waals surface area contributed by atoms with Gasteiger partial charge in [-0.05, 0) is 47.4 Å². The molecule has 7 heteroatoms. The van der Waals surface area contributed by atoms with E-state index in [9.17, 15) is 9.18 Å². The molecule has 0 radical (unpaired) electrons. The Balaban J connectivity index is 1.50. The number of nitrogens with one attached hydrogen (secondary N) is 1. The number of nitrogens with two attached hydrogens (primary N) is 1. The number of aromatic nitrogens is 1. The lowest BCUT2D eigenvalue weighted by atomic mass is 9.94. The highest BCUT2D eigenvalue weighted by molar-refractivity contribution is 5.97. The smallest absolute Gasteiger partial charge is 0.251 e. The van der Waals surface area contributed by atoms with Crippen LogP contribution in [-0.4, -0.2) is 43.7 Å². The molecule has 5 rings (SSSR count). The molecule has 0 bridgehead atoms. The van der Waals surface area contributed by atoms with E-state index in [1.165, 1.54) is 0 Å². The van der Waals surface area contributed by atoms with Gasteiger partial charge in [0.05, 0.1) is 13.2 Å². The lowest BCUT2D eigenvalue weighted by Gasteiger charge is -2.28. The number of anilines is 2. The summed E-state index contributed by atoms with van der Waals surface area (Å²) in [5.74, 6) is -0.539. The zero-order valence-corrected chi connectivity index (χ0v) is 17.0. The van der Waals surface area contributed by atoms with Gasteiger partial charge in [0.2, 0.25) is 5.95 Å². The first-order valence-electron chi connectivity index (χ1n) is 10.4.